The van der Waals surface area contributed by atoms with Crippen molar-refractivity contribution in [1.29, 1.82) is 0 Å². The van der Waals surface area contributed by atoms with Crippen molar-refractivity contribution >= 4 is 28.5 Å². The van der Waals surface area contributed by atoms with Gasteiger partial charge in [-0.05, 0) is 19.9 Å². The van der Waals surface area contributed by atoms with Gasteiger partial charge in [-0.2, -0.15) is 4.57 Å². The van der Waals surface area contributed by atoms with Crippen molar-refractivity contribution in [3.8, 4) is 11.5 Å². The van der Waals surface area contributed by atoms with Gasteiger partial charge in [0.05, 0.1) is 37.3 Å². The molecule has 118 valence electrons. The fourth-order valence-corrected chi connectivity index (χ4v) is 2.60. The number of esters is 1. The van der Waals surface area contributed by atoms with Crippen LogP contribution in [0.4, 0.5) is 0 Å². The normalized spacial score (nSPS) is 10.6. The molecule has 6 heteroatoms. The summed E-state index contributed by atoms with van der Waals surface area (Å²) in [7, 11) is 3.13. The van der Waals surface area contributed by atoms with E-state index >= 15 is 0 Å². The molecule has 0 fully saturated rings. The van der Waals surface area contributed by atoms with Crippen molar-refractivity contribution in [3.63, 3.8) is 0 Å². The number of methoxy groups -OCH3 is 2. The smallest absolute Gasteiger partial charge is 0.345 e. The second kappa shape index (κ2) is 6.83. The van der Waals surface area contributed by atoms with Crippen molar-refractivity contribution in [2.45, 2.75) is 20.4 Å². The van der Waals surface area contributed by atoms with Crippen LogP contribution in [0.5, 0.6) is 11.5 Å². The summed E-state index contributed by atoms with van der Waals surface area (Å²) in [6.45, 7) is 4.72. The van der Waals surface area contributed by atoms with Crippen molar-refractivity contribution < 1.29 is 23.6 Å². The predicted octanol–water partition coefficient (Wildman–Crippen LogP) is 2.99. The van der Waals surface area contributed by atoms with Gasteiger partial charge in [-0.25, -0.2) is 4.79 Å². The fraction of sp³-hybridized carbons (Fsp3) is 0.375. The third kappa shape index (κ3) is 2.81. The van der Waals surface area contributed by atoms with Crippen LogP contribution in [-0.4, -0.2) is 26.8 Å². The predicted molar refractivity (Wildman–Crippen MR) is 83.9 cm³/mol. The molecule has 0 atom stereocenters. The SMILES string of the molecule is CCOC(=O)c1c[n+](CC)c2cc(OC)c(OC)cc2c1Cl. The second-order valence-electron chi connectivity index (χ2n) is 4.59. The minimum atomic E-state index is -0.439. The van der Waals surface area contributed by atoms with E-state index in [0.29, 0.717) is 40.6 Å². The van der Waals surface area contributed by atoms with E-state index in [9.17, 15) is 4.79 Å². The summed E-state index contributed by atoms with van der Waals surface area (Å²) >= 11 is 6.42. The number of carbonyl (C=O) groups is 1. The first-order chi connectivity index (χ1) is 10.6. The molecule has 0 saturated carbocycles. The van der Waals surface area contributed by atoms with E-state index in [0.717, 1.165) is 5.52 Å². The standard InChI is InChI=1S/C16H19ClNO4/c1-5-18-9-11(16(19)22-6-2)15(17)10-7-13(20-3)14(21-4)8-12(10)18/h7-9H,5-6H2,1-4H3/q+1. The number of hydrogen-bond acceptors (Lipinski definition) is 4. The topological polar surface area (TPSA) is 48.6 Å². The monoisotopic (exact) mass is 324 g/mol. The maximum Gasteiger partial charge on any atom is 0.345 e. The summed E-state index contributed by atoms with van der Waals surface area (Å²) in [5, 5.41) is 1.06. The lowest BCUT2D eigenvalue weighted by molar-refractivity contribution is -0.667. The van der Waals surface area contributed by atoms with Gasteiger partial charge < -0.3 is 14.2 Å². The molecule has 0 aliphatic rings. The van der Waals surface area contributed by atoms with E-state index in [2.05, 4.69) is 0 Å². The van der Waals surface area contributed by atoms with Gasteiger partial charge in [0.2, 0.25) is 5.52 Å². The molecule has 0 N–H and O–H groups in total. The second-order valence-corrected chi connectivity index (χ2v) is 4.97. The maximum atomic E-state index is 12.1. The van der Waals surface area contributed by atoms with Crippen molar-refractivity contribution in [2.24, 2.45) is 0 Å². The van der Waals surface area contributed by atoms with E-state index in [-0.39, 0.29) is 0 Å². The van der Waals surface area contributed by atoms with E-state index in [1.54, 1.807) is 33.4 Å². The van der Waals surface area contributed by atoms with Crippen LogP contribution in [0.25, 0.3) is 10.9 Å². The molecule has 0 aliphatic heterocycles. The summed E-state index contributed by atoms with van der Waals surface area (Å²) in [5.41, 5.74) is 1.20. The number of rotatable bonds is 5. The Kier molecular flexibility index (Phi) is 5.08. The summed E-state index contributed by atoms with van der Waals surface area (Å²) in [6.07, 6.45) is 1.70. The molecule has 0 spiro atoms. The van der Waals surface area contributed by atoms with Crippen LogP contribution in [0.1, 0.15) is 24.2 Å². The first-order valence-electron chi connectivity index (χ1n) is 7.02. The molecule has 0 unspecified atom stereocenters. The van der Waals surface area contributed by atoms with Gasteiger partial charge in [0.15, 0.2) is 17.7 Å². The van der Waals surface area contributed by atoms with E-state index in [4.69, 9.17) is 25.8 Å². The minimum Gasteiger partial charge on any atom is -0.493 e. The first-order valence-corrected chi connectivity index (χ1v) is 7.39. The molecule has 2 aromatic rings. The number of ether oxygens (including phenoxy) is 3. The Balaban J connectivity index is 2.78. The van der Waals surface area contributed by atoms with Crippen molar-refractivity contribution in [3.05, 3.63) is 28.9 Å². The lowest BCUT2D eigenvalue weighted by Crippen LogP contribution is -2.34. The number of fused-ring (bicyclic) bond motifs is 1. The van der Waals surface area contributed by atoms with Crippen molar-refractivity contribution in [2.75, 3.05) is 20.8 Å². The zero-order valence-electron chi connectivity index (χ0n) is 13.1. The Bertz CT molecular complexity index is 715. The quantitative estimate of drug-likeness (QED) is 0.626. The molecular formula is C16H19ClNO4+. The molecule has 0 bridgehead atoms. The Morgan fingerprint density at radius 2 is 1.82 bits per heavy atom. The maximum absolute atomic E-state index is 12.1. The zero-order valence-corrected chi connectivity index (χ0v) is 13.9. The van der Waals surface area contributed by atoms with E-state index < -0.39 is 5.97 Å². The average Bonchev–Trinajstić information content (AvgIpc) is 2.54. The first kappa shape index (κ1) is 16.4. The average molecular weight is 325 g/mol. The van der Waals surface area contributed by atoms with Crippen LogP contribution in [0.2, 0.25) is 5.02 Å². The number of aromatic nitrogens is 1. The molecule has 0 saturated heterocycles. The van der Waals surface area contributed by atoms with Gasteiger partial charge in [-0.3, -0.25) is 0 Å². The fourth-order valence-electron chi connectivity index (χ4n) is 2.32. The van der Waals surface area contributed by atoms with Crippen LogP contribution in [0, 0.1) is 0 Å². The van der Waals surface area contributed by atoms with Gasteiger partial charge in [-0.15, -0.1) is 0 Å². The number of carbonyl (C=O) groups excluding carboxylic acids is 1. The van der Waals surface area contributed by atoms with Crippen LogP contribution >= 0.6 is 11.6 Å². The van der Waals surface area contributed by atoms with Crippen LogP contribution < -0.4 is 14.0 Å². The number of halogens is 1. The molecule has 2 rings (SSSR count). The minimum absolute atomic E-state index is 0.297. The van der Waals surface area contributed by atoms with Gasteiger partial charge in [0.1, 0.15) is 12.1 Å². The number of nitrogens with zero attached hydrogens (tertiary/aromatic N) is 1. The molecule has 0 radical (unpaired) electrons. The van der Waals surface area contributed by atoms with E-state index in [1.807, 2.05) is 17.6 Å². The lowest BCUT2D eigenvalue weighted by atomic mass is 10.1. The summed E-state index contributed by atoms with van der Waals surface area (Å²) in [6, 6.07) is 3.61. The van der Waals surface area contributed by atoms with Crippen LogP contribution in [-0.2, 0) is 11.3 Å². The van der Waals surface area contributed by atoms with Crippen molar-refractivity contribution in [1.82, 2.24) is 0 Å². The van der Waals surface area contributed by atoms with Crippen LogP contribution in [0.15, 0.2) is 18.3 Å². The molecule has 1 heterocycles. The lowest BCUT2D eigenvalue weighted by Gasteiger charge is -2.11. The highest BCUT2D eigenvalue weighted by Gasteiger charge is 2.24. The molecule has 0 aliphatic carbocycles. The largest absolute Gasteiger partial charge is 0.493 e. The highest BCUT2D eigenvalue weighted by Crippen LogP contribution is 2.35. The summed E-state index contributed by atoms with van der Waals surface area (Å²) in [4.78, 5) is 12.1. The Morgan fingerprint density at radius 3 is 2.36 bits per heavy atom. The van der Waals surface area contributed by atoms with Gasteiger partial charge in [0, 0.05) is 0 Å². The highest BCUT2D eigenvalue weighted by molar-refractivity contribution is 6.38. The van der Waals surface area contributed by atoms with Gasteiger partial charge >= 0.3 is 5.97 Å². The molecule has 5 nitrogen and oxygen atoms in total. The highest BCUT2D eigenvalue weighted by atomic mass is 35.5. The van der Waals surface area contributed by atoms with Gasteiger partial charge in [0.25, 0.3) is 0 Å². The number of pyridine rings is 1. The number of aryl methyl sites for hydroxylation is 1. The Morgan fingerprint density at radius 1 is 1.18 bits per heavy atom. The third-order valence-electron chi connectivity index (χ3n) is 3.41. The van der Waals surface area contributed by atoms with Gasteiger partial charge in [-0.1, -0.05) is 11.6 Å². The molecular weight excluding hydrogens is 306 g/mol. The molecule has 22 heavy (non-hydrogen) atoms. The molecule has 0 amide bonds. The Hall–Kier alpha value is -2.01. The third-order valence-corrected chi connectivity index (χ3v) is 3.81. The Labute approximate surface area is 134 Å². The molecule has 1 aromatic carbocycles. The summed E-state index contributed by atoms with van der Waals surface area (Å²) < 4.78 is 17.6. The zero-order chi connectivity index (χ0) is 16.3. The summed E-state index contributed by atoms with van der Waals surface area (Å²) in [5.74, 6) is 0.726. The van der Waals surface area contributed by atoms with Crippen LogP contribution in [0.3, 0.4) is 0 Å². The molecule has 1 aromatic heterocycles. The van der Waals surface area contributed by atoms with E-state index in [1.165, 1.54) is 0 Å². The number of hydrogen-bond donors (Lipinski definition) is 0. The number of benzene rings is 1.